The summed E-state index contributed by atoms with van der Waals surface area (Å²) in [5.41, 5.74) is 0.00201. The number of halogens is 4. The summed E-state index contributed by atoms with van der Waals surface area (Å²) >= 11 is 1.70. The number of nitrogens with zero attached hydrogens (tertiary/aromatic N) is 1. The van der Waals surface area contributed by atoms with Crippen molar-refractivity contribution in [3.05, 3.63) is 15.3 Å². The summed E-state index contributed by atoms with van der Waals surface area (Å²) in [6, 6.07) is 0.976. The van der Waals surface area contributed by atoms with Gasteiger partial charge in [-0.3, -0.25) is 4.79 Å². The molecular weight excluding hydrogens is 394 g/mol. The van der Waals surface area contributed by atoms with E-state index in [0.717, 1.165) is 6.07 Å². The maximum atomic E-state index is 12.4. The Labute approximate surface area is 126 Å². The van der Waals surface area contributed by atoms with Crippen molar-refractivity contribution in [3.63, 3.8) is 0 Å². The lowest BCUT2D eigenvalue weighted by atomic mass is 10.2. The molecule has 0 fully saturated rings. The molecule has 1 rings (SSSR count). The number of rotatable bonds is 5. The highest BCUT2D eigenvalue weighted by molar-refractivity contribution is 14.1. The Bertz CT molecular complexity index is 493. The first-order chi connectivity index (χ1) is 9.26. The van der Waals surface area contributed by atoms with Crippen molar-refractivity contribution >= 4 is 28.6 Å². The third kappa shape index (κ3) is 5.02. The van der Waals surface area contributed by atoms with Crippen molar-refractivity contribution in [1.29, 1.82) is 0 Å². The van der Waals surface area contributed by atoms with E-state index >= 15 is 0 Å². The van der Waals surface area contributed by atoms with Gasteiger partial charge in [0.15, 0.2) is 0 Å². The Kier molecular flexibility index (Phi) is 5.84. The molecule has 0 bridgehead atoms. The average Bonchev–Trinajstić information content (AvgIpc) is 2.31. The topological polar surface area (TPSA) is 57.7 Å². The lowest BCUT2D eigenvalue weighted by Gasteiger charge is -2.15. The van der Waals surface area contributed by atoms with Gasteiger partial charge in [0.05, 0.1) is 20.1 Å². The Morgan fingerprint density at radius 1 is 1.45 bits per heavy atom. The van der Waals surface area contributed by atoms with Crippen LogP contribution in [0.5, 0.6) is 11.6 Å². The highest BCUT2D eigenvalue weighted by atomic mass is 127. The van der Waals surface area contributed by atoms with Crippen LogP contribution in [-0.2, 0) is 16.0 Å². The number of aromatic nitrogens is 1. The molecule has 20 heavy (non-hydrogen) atoms. The van der Waals surface area contributed by atoms with Gasteiger partial charge in [0.2, 0.25) is 5.88 Å². The molecule has 1 heterocycles. The van der Waals surface area contributed by atoms with Crippen LogP contribution in [0.1, 0.15) is 12.5 Å². The summed E-state index contributed by atoms with van der Waals surface area (Å²) in [6.45, 7) is 1.73. The van der Waals surface area contributed by atoms with Crippen LogP contribution < -0.4 is 9.47 Å². The first-order valence-corrected chi connectivity index (χ1v) is 6.49. The first-order valence-electron chi connectivity index (χ1n) is 5.41. The zero-order valence-electron chi connectivity index (χ0n) is 10.6. The second-order valence-electron chi connectivity index (χ2n) is 3.46. The molecule has 0 aliphatic carbocycles. The molecule has 0 saturated carbocycles. The summed E-state index contributed by atoms with van der Waals surface area (Å²) in [4.78, 5) is 15.3. The first kappa shape index (κ1) is 16.8. The minimum absolute atomic E-state index is 0.00201. The SMILES string of the molecule is CCOC(=O)Cc1c(OC(F)(F)F)cc(OC)nc1I. The number of carbonyl (C=O) groups is 1. The molecule has 0 aliphatic rings. The Morgan fingerprint density at radius 3 is 2.60 bits per heavy atom. The van der Waals surface area contributed by atoms with Crippen molar-refractivity contribution in [2.45, 2.75) is 19.7 Å². The van der Waals surface area contributed by atoms with Crippen molar-refractivity contribution in [3.8, 4) is 11.6 Å². The van der Waals surface area contributed by atoms with E-state index in [1.54, 1.807) is 29.5 Å². The molecular formula is C11H11F3INO4. The largest absolute Gasteiger partial charge is 0.573 e. The van der Waals surface area contributed by atoms with E-state index in [1.165, 1.54) is 7.11 Å². The molecule has 0 saturated heterocycles. The van der Waals surface area contributed by atoms with Crippen LogP contribution in [0.2, 0.25) is 0 Å². The van der Waals surface area contributed by atoms with E-state index in [9.17, 15) is 18.0 Å². The standard InChI is InChI=1S/C11H11F3INO4/c1-3-19-9(17)4-6-7(20-11(12,13)14)5-8(18-2)16-10(6)15/h5H,3-4H2,1-2H3. The van der Waals surface area contributed by atoms with Gasteiger partial charge >= 0.3 is 12.3 Å². The molecule has 1 aromatic heterocycles. The summed E-state index contributed by atoms with van der Waals surface area (Å²) in [7, 11) is 1.26. The zero-order chi connectivity index (χ0) is 15.3. The number of pyridine rings is 1. The summed E-state index contributed by atoms with van der Waals surface area (Å²) in [5, 5.41) is 0. The van der Waals surface area contributed by atoms with E-state index in [1.807, 2.05) is 0 Å². The lowest BCUT2D eigenvalue weighted by Crippen LogP contribution is -2.20. The van der Waals surface area contributed by atoms with Crippen LogP contribution in [0.15, 0.2) is 6.07 Å². The number of hydrogen-bond donors (Lipinski definition) is 0. The van der Waals surface area contributed by atoms with Crippen LogP contribution in [-0.4, -0.2) is 31.0 Å². The van der Waals surface area contributed by atoms with E-state index in [4.69, 9.17) is 9.47 Å². The smallest absolute Gasteiger partial charge is 0.481 e. The minimum atomic E-state index is -4.88. The van der Waals surface area contributed by atoms with Crippen LogP contribution in [0.25, 0.3) is 0 Å². The fourth-order valence-electron chi connectivity index (χ4n) is 1.33. The second kappa shape index (κ2) is 6.95. The van der Waals surface area contributed by atoms with Crippen molar-refractivity contribution in [2.75, 3.05) is 13.7 Å². The molecule has 1 aromatic rings. The van der Waals surface area contributed by atoms with Crippen LogP contribution in [0.3, 0.4) is 0 Å². The van der Waals surface area contributed by atoms with Gasteiger partial charge in [0.25, 0.3) is 0 Å². The van der Waals surface area contributed by atoms with Gasteiger partial charge in [-0.05, 0) is 29.5 Å². The minimum Gasteiger partial charge on any atom is -0.481 e. The maximum absolute atomic E-state index is 12.4. The Balaban J connectivity index is 3.15. The number of ether oxygens (including phenoxy) is 3. The maximum Gasteiger partial charge on any atom is 0.573 e. The highest BCUT2D eigenvalue weighted by Gasteiger charge is 2.33. The highest BCUT2D eigenvalue weighted by Crippen LogP contribution is 2.32. The van der Waals surface area contributed by atoms with Crippen LogP contribution >= 0.6 is 22.6 Å². The molecule has 0 aliphatic heterocycles. The quantitative estimate of drug-likeness (QED) is 0.429. The molecule has 112 valence electrons. The third-order valence-corrected chi connectivity index (χ3v) is 2.96. The van der Waals surface area contributed by atoms with Gasteiger partial charge in [-0.1, -0.05) is 0 Å². The van der Waals surface area contributed by atoms with Gasteiger partial charge < -0.3 is 14.2 Å². The van der Waals surface area contributed by atoms with E-state index in [-0.39, 0.29) is 28.2 Å². The van der Waals surface area contributed by atoms with Crippen molar-refractivity contribution in [1.82, 2.24) is 4.98 Å². The Morgan fingerprint density at radius 2 is 2.10 bits per heavy atom. The molecule has 0 unspecified atom stereocenters. The molecule has 0 N–H and O–H groups in total. The molecule has 0 amide bonds. The summed E-state index contributed by atoms with van der Waals surface area (Å²) in [6.07, 6.45) is -5.24. The third-order valence-electron chi connectivity index (χ3n) is 2.07. The Hall–Kier alpha value is -1.26. The second-order valence-corrected chi connectivity index (χ2v) is 4.48. The monoisotopic (exact) mass is 405 g/mol. The lowest BCUT2D eigenvalue weighted by molar-refractivity contribution is -0.275. The van der Waals surface area contributed by atoms with E-state index in [0.29, 0.717) is 0 Å². The fraction of sp³-hybridized carbons (Fsp3) is 0.455. The molecule has 9 heteroatoms. The number of methoxy groups -OCH3 is 1. The fourth-order valence-corrected chi connectivity index (χ4v) is 2.03. The zero-order valence-corrected chi connectivity index (χ0v) is 12.7. The number of hydrogen-bond acceptors (Lipinski definition) is 5. The van der Waals surface area contributed by atoms with Gasteiger partial charge in [-0.15, -0.1) is 13.2 Å². The van der Waals surface area contributed by atoms with E-state index in [2.05, 4.69) is 9.72 Å². The molecule has 0 spiro atoms. The van der Waals surface area contributed by atoms with Gasteiger partial charge in [-0.2, -0.15) is 0 Å². The van der Waals surface area contributed by atoms with Gasteiger partial charge in [0, 0.05) is 11.6 Å². The molecule has 5 nitrogen and oxygen atoms in total. The normalized spacial score (nSPS) is 11.1. The molecule has 0 radical (unpaired) electrons. The molecule has 0 atom stereocenters. The van der Waals surface area contributed by atoms with Gasteiger partial charge in [-0.25, -0.2) is 4.98 Å². The number of alkyl halides is 3. The number of esters is 1. The number of carbonyl (C=O) groups excluding carboxylic acids is 1. The van der Waals surface area contributed by atoms with Gasteiger partial charge in [0.1, 0.15) is 9.45 Å². The summed E-state index contributed by atoms with van der Waals surface area (Å²) < 4.78 is 50.7. The predicted molar refractivity (Wildman–Crippen MR) is 70.5 cm³/mol. The van der Waals surface area contributed by atoms with Crippen molar-refractivity contribution in [2.24, 2.45) is 0 Å². The average molecular weight is 405 g/mol. The summed E-state index contributed by atoms with van der Waals surface area (Å²) in [5.74, 6) is -1.23. The van der Waals surface area contributed by atoms with Crippen LogP contribution in [0, 0.1) is 3.70 Å². The predicted octanol–water partition coefficient (Wildman–Crippen LogP) is 2.70. The van der Waals surface area contributed by atoms with E-state index < -0.39 is 18.1 Å². The molecule has 0 aromatic carbocycles. The van der Waals surface area contributed by atoms with Crippen molar-refractivity contribution < 1.29 is 32.2 Å². The van der Waals surface area contributed by atoms with Crippen LogP contribution in [0.4, 0.5) is 13.2 Å².